The van der Waals surface area contributed by atoms with E-state index in [9.17, 15) is 9.59 Å². The quantitative estimate of drug-likeness (QED) is 0.771. The van der Waals surface area contributed by atoms with Crippen LogP contribution in [0.15, 0.2) is 51.0 Å². The summed E-state index contributed by atoms with van der Waals surface area (Å²) in [5, 5.41) is 8.67. The summed E-state index contributed by atoms with van der Waals surface area (Å²) < 4.78 is 6.10. The molecular formula is C17H17N3O3S. The zero-order valence-electron chi connectivity index (χ0n) is 13.4. The molecule has 2 heterocycles. The Morgan fingerprint density at radius 3 is 2.67 bits per heavy atom. The maximum absolute atomic E-state index is 12.1. The van der Waals surface area contributed by atoms with Crippen molar-refractivity contribution in [3.05, 3.63) is 57.9 Å². The SMILES string of the molecule is CC(C)c1ccc(NC(=O)Cn2nc(-c3cccs3)oc2=O)cc1. The molecule has 0 radical (unpaired) electrons. The Morgan fingerprint density at radius 2 is 2.04 bits per heavy atom. The Morgan fingerprint density at radius 1 is 1.29 bits per heavy atom. The molecule has 2 aromatic heterocycles. The molecule has 0 saturated heterocycles. The predicted octanol–water partition coefficient (Wildman–Crippen LogP) is 3.33. The summed E-state index contributed by atoms with van der Waals surface area (Å²) >= 11 is 1.41. The van der Waals surface area contributed by atoms with Crippen molar-refractivity contribution in [1.29, 1.82) is 0 Å². The lowest BCUT2D eigenvalue weighted by Gasteiger charge is -2.08. The van der Waals surface area contributed by atoms with Crippen molar-refractivity contribution in [3.63, 3.8) is 0 Å². The summed E-state index contributed by atoms with van der Waals surface area (Å²) in [5.41, 5.74) is 1.88. The van der Waals surface area contributed by atoms with Gasteiger partial charge in [0.1, 0.15) is 6.54 Å². The number of benzene rings is 1. The average molecular weight is 343 g/mol. The third-order valence-electron chi connectivity index (χ3n) is 3.49. The molecule has 0 aliphatic heterocycles. The Balaban J connectivity index is 1.68. The number of anilines is 1. The highest BCUT2D eigenvalue weighted by molar-refractivity contribution is 7.13. The summed E-state index contributed by atoms with van der Waals surface area (Å²) in [6, 6.07) is 11.3. The van der Waals surface area contributed by atoms with Crippen LogP contribution in [0.2, 0.25) is 0 Å². The zero-order chi connectivity index (χ0) is 17.1. The van der Waals surface area contributed by atoms with Gasteiger partial charge in [0, 0.05) is 5.69 Å². The molecule has 0 spiro atoms. The van der Waals surface area contributed by atoms with Crippen LogP contribution < -0.4 is 11.1 Å². The van der Waals surface area contributed by atoms with E-state index in [2.05, 4.69) is 24.3 Å². The monoisotopic (exact) mass is 343 g/mol. The number of thiophene rings is 1. The van der Waals surface area contributed by atoms with E-state index >= 15 is 0 Å². The fourth-order valence-corrected chi connectivity index (χ4v) is 2.84. The molecule has 3 aromatic rings. The molecule has 0 unspecified atom stereocenters. The number of nitrogens with one attached hydrogen (secondary N) is 1. The fraction of sp³-hybridized carbons (Fsp3) is 0.235. The van der Waals surface area contributed by atoms with Crippen molar-refractivity contribution < 1.29 is 9.21 Å². The minimum atomic E-state index is -0.649. The molecule has 6 nitrogen and oxygen atoms in total. The molecule has 0 atom stereocenters. The molecule has 124 valence electrons. The number of carbonyl (C=O) groups is 1. The van der Waals surface area contributed by atoms with Gasteiger partial charge in [-0.05, 0) is 35.1 Å². The van der Waals surface area contributed by atoms with Crippen LogP contribution in [0, 0.1) is 0 Å². The van der Waals surface area contributed by atoms with Crippen molar-refractivity contribution in [2.75, 3.05) is 5.32 Å². The second-order valence-electron chi connectivity index (χ2n) is 5.63. The lowest BCUT2D eigenvalue weighted by molar-refractivity contribution is -0.117. The topological polar surface area (TPSA) is 77.1 Å². The molecule has 1 aromatic carbocycles. The Bertz CT molecular complexity index is 877. The van der Waals surface area contributed by atoms with Crippen molar-refractivity contribution in [1.82, 2.24) is 9.78 Å². The normalized spacial score (nSPS) is 11.0. The van der Waals surface area contributed by atoms with E-state index < -0.39 is 5.76 Å². The van der Waals surface area contributed by atoms with Crippen LogP contribution >= 0.6 is 11.3 Å². The van der Waals surface area contributed by atoms with Crippen LogP contribution in [0.4, 0.5) is 5.69 Å². The van der Waals surface area contributed by atoms with E-state index in [4.69, 9.17) is 4.42 Å². The van der Waals surface area contributed by atoms with E-state index in [0.29, 0.717) is 11.6 Å². The van der Waals surface area contributed by atoms with E-state index in [-0.39, 0.29) is 18.3 Å². The van der Waals surface area contributed by atoms with Crippen LogP contribution in [-0.4, -0.2) is 15.7 Å². The van der Waals surface area contributed by atoms with Gasteiger partial charge in [0.2, 0.25) is 5.91 Å². The lowest BCUT2D eigenvalue weighted by atomic mass is 10.0. The third-order valence-corrected chi connectivity index (χ3v) is 4.35. The second kappa shape index (κ2) is 6.84. The summed E-state index contributed by atoms with van der Waals surface area (Å²) in [6.45, 7) is 4.02. The first-order valence-electron chi connectivity index (χ1n) is 7.54. The first-order chi connectivity index (χ1) is 11.5. The van der Waals surface area contributed by atoms with Crippen LogP contribution in [0.1, 0.15) is 25.3 Å². The summed E-state index contributed by atoms with van der Waals surface area (Å²) in [5.74, 6) is -0.327. The Hall–Kier alpha value is -2.67. The van der Waals surface area contributed by atoms with Gasteiger partial charge in [-0.2, -0.15) is 4.68 Å². The van der Waals surface area contributed by atoms with Gasteiger partial charge in [-0.1, -0.05) is 32.0 Å². The number of nitrogens with zero attached hydrogens (tertiary/aromatic N) is 2. The molecule has 1 N–H and O–H groups in total. The first-order valence-corrected chi connectivity index (χ1v) is 8.42. The molecule has 3 rings (SSSR count). The predicted molar refractivity (Wildman–Crippen MR) is 93.2 cm³/mol. The molecule has 0 fully saturated rings. The first kappa shape index (κ1) is 16.2. The molecule has 7 heteroatoms. The molecule has 0 bridgehead atoms. The zero-order valence-corrected chi connectivity index (χ0v) is 14.2. The number of hydrogen-bond donors (Lipinski definition) is 1. The summed E-state index contributed by atoms with van der Waals surface area (Å²) in [4.78, 5) is 24.6. The number of rotatable bonds is 5. The maximum atomic E-state index is 12.1. The van der Waals surface area contributed by atoms with Crippen LogP contribution in [0.5, 0.6) is 0 Å². The standard InChI is InChI=1S/C17H17N3O3S/c1-11(2)12-5-7-13(8-6-12)18-15(21)10-20-17(22)23-16(19-20)14-4-3-9-24-14/h3-9,11H,10H2,1-2H3,(H,18,21). The smallest absolute Gasteiger partial charge is 0.387 e. The molecule has 0 saturated carbocycles. The van der Waals surface area contributed by atoms with Gasteiger partial charge >= 0.3 is 5.76 Å². The van der Waals surface area contributed by atoms with E-state index in [1.165, 1.54) is 16.9 Å². The maximum Gasteiger partial charge on any atom is 0.437 e. The van der Waals surface area contributed by atoms with Gasteiger partial charge in [0.25, 0.3) is 5.89 Å². The van der Waals surface area contributed by atoms with E-state index in [0.717, 1.165) is 9.56 Å². The fourth-order valence-electron chi connectivity index (χ4n) is 2.19. The molecule has 0 aliphatic rings. The summed E-state index contributed by atoms with van der Waals surface area (Å²) in [7, 11) is 0. The number of amides is 1. The average Bonchev–Trinajstić information content (AvgIpc) is 3.18. The van der Waals surface area contributed by atoms with Gasteiger partial charge < -0.3 is 9.73 Å². The number of hydrogen-bond acceptors (Lipinski definition) is 5. The van der Waals surface area contributed by atoms with Crippen LogP contribution in [0.3, 0.4) is 0 Å². The molecule has 0 aliphatic carbocycles. The number of aromatic nitrogens is 2. The van der Waals surface area contributed by atoms with Crippen LogP contribution in [0.25, 0.3) is 10.8 Å². The minimum Gasteiger partial charge on any atom is -0.387 e. The van der Waals surface area contributed by atoms with Gasteiger partial charge in [0.05, 0.1) is 4.88 Å². The summed E-state index contributed by atoms with van der Waals surface area (Å²) in [6.07, 6.45) is 0. The van der Waals surface area contributed by atoms with Crippen molar-refractivity contribution >= 4 is 22.9 Å². The van der Waals surface area contributed by atoms with Crippen molar-refractivity contribution in [2.45, 2.75) is 26.3 Å². The Kier molecular flexibility index (Phi) is 4.61. The second-order valence-corrected chi connectivity index (χ2v) is 6.58. The molecule has 1 amide bonds. The number of carbonyl (C=O) groups excluding carboxylic acids is 1. The highest BCUT2D eigenvalue weighted by Crippen LogP contribution is 2.21. The van der Waals surface area contributed by atoms with Gasteiger partial charge in [0.15, 0.2) is 0 Å². The highest BCUT2D eigenvalue weighted by Gasteiger charge is 2.14. The molecule has 24 heavy (non-hydrogen) atoms. The molecular weight excluding hydrogens is 326 g/mol. The highest BCUT2D eigenvalue weighted by atomic mass is 32.1. The minimum absolute atomic E-state index is 0.195. The lowest BCUT2D eigenvalue weighted by Crippen LogP contribution is -2.25. The van der Waals surface area contributed by atoms with Crippen molar-refractivity contribution in [2.24, 2.45) is 0 Å². The van der Waals surface area contributed by atoms with Crippen LogP contribution in [-0.2, 0) is 11.3 Å². The third kappa shape index (κ3) is 3.62. The Labute approximate surface area is 142 Å². The van der Waals surface area contributed by atoms with Crippen molar-refractivity contribution in [3.8, 4) is 10.8 Å². The van der Waals surface area contributed by atoms with Gasteiger partial charge in [-0.3, -0.25) is 4.79 Å². The van der Waals surface area contributed by atoms with Gasteiger partial charge in [-0.25, -0.2) is 4.79 Å². The van der Waals surface area contributed by atoms with E-state index in [1.807, 2.05) is 35.7 Å². The largest absolute Gasteiger partial charge is 0.437 e. The van der Waals surface area contributed by atoms with Gasteiger partial charge in [-0.15, -0.1) is 16.4 Å². The van der Waals surface area contributed by atoms with E-state index in [1.54, 1.807) is 6.07 Å².